The molecule has 0 saturated heterocycles. The van der Waals surface area contributed by atoms with Gasteiger partial charge >= 0.3 is 0 Å². The van der Waals surface area contributed by atoms with Gasteiger partial charge in [-0.2, -0.15) is 10.5 Å². The van der Waals surface area contributed by atoms with Crippen LogP contribution in [0.1, 0.15) is 56.4 Å². The van der Waals surface area contributed by atoms with Crippen LogP contribution in [0.4, 0.5) is 0 Å². The topological polar surface area (TPSA) is 103 Å². The van der Waals surface area contributed by atoms with Crippen molar-refractivity contribution < 1.29 is 4.79 Å². The van der Waals surface area contributed by atoms with E-state index in [2.05, 4.69) is 26.0 Å². The largest absolute Gasteiger partial charge is 0.340 e. The van der Waals surface area contributed by atoms with Crippen LogP contribution < -0.4 is 5.56 Å². The molecule has 0 fully saturated rings. The number of thioether (sulfide) groups is 1. The van der Waals surface area contributed by atoms with Crippen LogP contribution in [0.25, 0.3) is 10.2 Å². The summed E-state index contributed by atoms with van der Waals surface area (Å²) >= 11 is 2.90. The van der Waals surface area contributed by atoms with E-state index in [0.717, 1.165) is 42.3 Å². The Morgan fingerprint density at radius 2 is 1.91 bits per heavy atom. The molecule has 7 nitrogen and oxygen atoms in total. The molecule has 1 aliphatic carbocycles. The van der Waals surface area contributed by atoms with Gasteiger partial charge in [0.2, 0.25) is 5.91 Å². The van der Waals surface area contributed by atoms with Crippen LogP contribution in [0, 0.1) is 28.6 Å². The normalized spacial score (nSPS) is 13.0. The number of aromatic nitrogens is 2. The highest BCUT2D eigenvalue weighted by molar-refractivity contribution is 7.99. The fourth-order valence-corrected chi connectivity index (χ4v) is 6.09. The Morgan fingerprint density at radius 1 is 1.22 bits per heavy atom. The summed E-state index contributed by atoms with van der Waals surface area (Å²) < 4.78 is 1.75. The molecule has 0 N–H and O–H groups in total. The summed E-state index contributed by atoms with van der Waals surface area (Å²) in [5.74, 6) is 0.429. The van der Waals surface area contributed by atoms with Gasteiger partial charge in [-0.25, -0.2) is 4.98 Å². The number of aryl methyl sites for hydroxylation is 2. The molecule has 170 valence electrons. The molecule has 2 heterocycles. The van der Waals surface area contributed by atoms with Crippen molar-refractivity contribution in [1.82, 2.24) is 14.5 Å². The minimum absolute atomic E-state index is 0.0100. The summed E-state index contributed by atoms with van der Waals surface area (Å²) in [5, 5.41) is 19.1. The molecule has 0 unspecified atom stereocenters. The molecule has 0 aromatic carbocycles. The minimum Gasteiger partial charge on any atom is -0.340 e. The van der Waals surface area contributed by atoms with Gasteiger partial charge < -0.3 is 4.90 Å². The third-order valence-corrected chi connectivity index (χ3v) is 7.78. The van der Waals surface area contributed by atoms with E-state index in [9.17, 15) is 9.59 Å². The Hall–Kier alpha value is -2.36. The van der Waals surface area contributed by atoms with E-state index in [-0.39, 0.29) is 30.1 Å². The quantitative estimate of drug-likeness (QED) is 0.381. The van der Waals surface area contributed by atoms with Crippen molar-refractivity contribution in [3.8, 4) is 12.1 Å². The summed E-state index contributed by atoms with van der Waals surface area (Å²) in [6.07, 6.45) is 5.52. The third-order valence-electron chi connectivity index (χ3n) is 5.63. The fourth-order valence-electron chi connectivity index (χ4n) is 3.86. The van der Waals surface area contributed by atoms with Crippen molar-refractivity contribution in [1.29, 1.82) is 10.5 Å². The standard InChI is InChI=1S/C23H29N5O2S2/c1-16(2)9-14-28-22(30)20-17-7-3-4-8-18(17)32-21(20)26-23(28)31-15-19(29)27(12-5-10-24)13-6-11-25/h16H,3-9,12-15H2,1-2H3. The zero-order chi connectivity index (χ0) is 23.1. The lowest BCUT2D eigenvalue weighted by molar-refractivity contribution is -0.128. The number of amides is 1. The van der Waals surface area contributed by atoms with Crippen molar-refractivity contribution in [2.45, 2.75) is 70.5 Å². The van der Waals surface area contributed by atoms with E-state index in [1.54, 1.807) is 20.8 Å². The Labute approximate surface area is 197 Å². The predicted octanol–water partition coefficient (Wildman–Crippen LogP) is 4.13. The van der Waals surface area contributed by atoms with Gasteiger partial charge in [-0.1, -0.05) is 25.6 Å². The summed E-state index contributed by atoms with van der Waals surface area (Å²) in [6, 6.07) is 4.10. The van der Waals surface area contributed by atoms with E-state index in [1.807, 2.05) is 0 Å². The number of carbonyl (C=O) groups excluding carboxylic acids is 1. The van der Waals surface area contributed by atoms with Gasteiger partial charge in [-0.15, -0.1) is 11.3 Å². The number of nitrogens with zero attached hydrogens (tertiary/aromatic N) is 5. The van der Waals surface area contributed by atoms with Crippen LogP contribution in [0.3, 0.4) is 0 Å². The van der Waals surface area contributed by atoms with Gasteiger partial charge in [0.15, 0.2) is 5.16 Å². The number of nitriles is 2. The van der Waals surface area contributed by atoms with Crippen molar-refractivity contribution in [3.05, 3.63) is 20.8 Å². The molecule has 2 aromatic heterocycles. The van der Waals surface area contributed by atoms with Crippen LogP contribution >= 0.6 is 23.1 Å². The number of carbonyl (C=O) groups is 1. The zero-order valence-electron chi connectivity index (χ0n) is 18.7. The van der Waals surface area contributed by atoms with Crippen LogP contribution in [0.15, 0.2) is 9.95 Å². The van der Waals surface area contributed by atoms with E-state index in [0.29, 0.717) is 30.7 Å². The first-order valence-electron chi connectivity index (χ1n) is 11.2. The summed E-state index contributed by atoms with van der Waals surface area (Å²) in [7, 11) is 0. The van der Waals surface area contributed by atoms with E-state index >= 15 is 0 Å². The number of rotatable bonds is 10. The molecule has 0 saturated carbocycles. The van der Waals surface area contributed by atoms with Gasteiger partial charge in [-0.05, 0) is 43.6 Å². The van der Waals surface area contributed by atoms with E-state index in [4.69, 9.17) is 15.5 Å². The Kier molecular flexibility index (Phi) is 8.72. The molecule has 0 bridgehead atoms. The molecular formula is C23H29N5O2S2. The first kappa shape index (κ1) is 24.3. The molecular weight excluding hydrogens is 442 g/mol. The third kappa shape index (κ3) is 5.70. The fraction of sp³-hybridized carbons (Fsp3) is 0.609. The number of thiophene rings is 1. The van der Waals surface area contributed by atoms with Crippen LogP contribution in [-0.4, -0.2) is 39.2 Å². The van der Waals surface area contributed by atoms with Crippen molar-refractivity contribution in [2.24, 2.45) is 5.92 Å². The second-order valence-electron chi connectivity index (χ2n) is 8.41. The second-order valence-corrected chi connectivity index (χ2v) is 10.4. The number of fused-ring (bicyclic) bond motifs is 3. The maximum atomic E-state index is 13.5. The van der Waals surface area contributed by atoms with Gasteiger partial charge in [0.1, 0.15) is 4.83 Å². The molecule has 0 spiro atoms. The predicted molar refractivity (Wildman–Crippen MR) is 128 cm³/mol. The summed E-state index contributed by atoms with van der Waals surface area (Å²) in [4.78, 5) is 34.8. The maximum absolute atomic E-state index is 13.5. The lowest BCUT2D eigenvalue weighted by atomic mass is 9.97. The van der Waals surface area contributed by atoms with Gasteiger partial charge in [-0.3, -0.25) is 14.2 Å². The maximum Gasteiger partial charge on any atom is 0.263 e. The Bertz CT molecular complexity index is 1090. The molecule has 0 atom stereocenters. The second kappa shape index (κ2) is 11.5. The van der Waals surface area contributed by atoms with Crippen LogP contribution in [0.2, 0.25) is 0 Å². The SMILES string of the molecule is CC(C)CCn1c(SCC(=O)N(CCC#N)CCC#N)nc2sc3c(c2c1=O)CCCC3. The van der Waals surface area contributed by atoms with Crippen molar-refractivity contribution >= 4 is 39.2 Å². The molecule has 1 amide bonds. The van der Waals surface area contributed by atoms with Crippen molar-refractivity contribution in [3.63, 3.8) is 0 Å². The Balaban J connectivity index is 1.89. The number of hydrogen-bond acceptors (Lipinski definition) is 7. The average molecular weight is 472 g/mol. The van der Waals surface area contributed by atoms with Gasteiger partial charge in [0, 0.05) is 24.5 Å². The monoisotopic (exact) mass is 471 g/mol. The Morgan fingerprint density at radius 3 is 2.56 bits per heavy atom. The lowest BCUT2D eigenvalue weighted by Crippen LogP contribution is -2.34. The van der Waals surface area contributed by atoms with Gasteiger partial charge in [0.05, 0.1) is 36.1 Å². The molecule has 1 aliphatic rings. The first-order chi connectivity index (χ1) is 15.5. The summed E-state index contributed by atoms with van der Waals surface area (Å²) in [6.45, 7) is 5.45. The first-order valence-corrected chi connectivity index (χ1v) is 13.0. The molecule has 0 radical (unpaired) electrons. The molecule has 0 aliphatic heterocycles. The highest BCUT2D eigenvalue weighted by atomic mass is 32.2. The van der Waals surface area contributed by atoms with Crippen molar-refractivity contribution in [2.75, 3.05) is 18.8 Å². The highest BCUT2D eigenvalue weighted by Gasteiger charge is 2.23. The summed E-state index contributed by atoms with van der Waals surface area (Å²) in [5.41, 5.74) is 1.19. The number of hydrogen-bond donors (Lipinski definition) is 0. The van der Waals surface area contributed by atoms with Crippen LogP contribution in [-0.2, 0) is 24.2 Å². The lowest BCUT2D eigenvalue weighted by Gasteiger charge is -2.20. The van der Waals surface area contributed by atoms with E-state index in [1.165, 1.54) is 22.2 Å². The smallest absolute Gasteiger partial charge is 0.263 e. The average Bonchev–Trinajstić information content (AvgIpc) is 3.15. The van der Waals surface area contributed by atoms with Gasteiger partial charge in [0.25, 0.3) is 5.56 Å². The molecule has 32 heavy (non-hydrogen) atoms. The van der Waals surface area contributed by atoms with Crippen LogP contribution in [0.5, 0.6) is 0 Å². The minimum atomic E-state index is -0.143. The highest BCUT2D eigenvalue weighted by Crippen LogP contribution is 2.34. The zero-order valence-corrected chi connectivity index (χ0v) is 20.4. The molecule has 3 rings (SSSR count). The molecule has 9 heteroatoms. The molecule has 2 aromatic rings. The van der Waals surface area contributed by atoms with E-state index < -0.39 is 0 Å².